The molecule has 4 atom stereocenters. The van der Waals surface area contributed by atoms with Crippen molar-refractivity contribution in [2.45, 2.75) is 78.6 Å². The van der Waals surface area contributed by atoms with E-state index in [4.69, 9.17) is 19.2 Å². The molecule has 5 rings (SSSR count). The lowest BCUT2D eigenvalue weighted by Gasteiger charge is -2.30. The molecule has 0 spiro atoms. The number of aliphatic imine (C=N–C) groups is 1. The number of hydrogen-bond acceptors (Lipinski definition) is 10. The number of ether oxygens (including phenoxy) is 3. The third kappa shape index (κ3) is 11.0. The molecule has 5 amide bonds. The van der Waals surface area contributed by atoms with Gasteiger partial charge in [-0.3, -0.25) is 19.5 Å². The van der Waals surface area contributed by atoms with Crippen LogP contribution in [0.3, 0.4) is 0 Å². The summed E-state index contributed by atoms with van der Waals surface area (Å²) in [6.45, 7) is 11.8. The van der Waals surface area contributed by atoms with E-state index in [1.807, 2.05) is 96.1 Å². The molecule has 2 saturated heterocycles. The Labute approximate surface area is 357 Å². The number of amides is 5. The largest absolute Gasteiger partial charge is 0.453 e. The van der Waals surface area contributed by atoms with Crippen LogP contribution in [0.25, 0.3) is 17.0 Å². The smallest absolute Gasteiger partial charge is 0.410 e. The summed E-state index contributed by atoms with van der Waals surface area (Å²) in [5, 5.41) is 5.30. The first kappa shape index (κ1) is 45.5. The van der Waals surface area contributed by atoms with Gasteiger partial charge in [0.2, 0.25) is 11.8 Å². The highest BCUT2D eigenvalue weighted by atomic mass is 16.5. The van der Waals surface area contributed by atoms with Crippen LogP contribution in [0.2, 0.25) is 0 Å². The summed E-state index contributed by atoms with van der Waals surface area (Å²) in [4.78, 5) is 81.6. The minimum atomic E-state index is -0.880. The van der Waals surface area contributed by atoms with Crippen molar-refractivity contribution in [3.63, 3.8) is 0 Å². The molecule has 0 bridgehead atoms. The van der Waals surface area contributed by atoms with Crippen LogP contribution in [0.15, 0.2) is 65.8 Å². The maximum atomic E-state index is 13.8. The first-order valence-electron chi connectivity index (χ1n) is 20.3. The van der Waals surface area contributed by atoms with E-state index >= 15 is 0 Å². The molecule has 3 N–H and O–H groups in total. The number of H-pyrrole nitrogens is 1. The predicted molar refractivity (Wildman–Crippen MR) is 230 cm³/mol. The summed E-state index contributed by atoms with van der Waals surface area (Å²) in [5.41, 5.74) is 5.49. The van der Waals surface area contributed by atoms with Crippen molar-refractivity contribution in [3.8, 4) is 23.1 Å². The SMILES string of the molecule is C/C=C(\N=C(C)[C@@H]1CN(C(=O)OC)CN1C(=O)[C@@H](NC(=O)OC)C(C)C)c1ccc(C#Cc2ccc(-c3cnc([C@@H]4CCCN4C(=O)[C@@H](NC(=O)OC)C(C)C)[nH]3)cc2)cc1. The minimum absolute atomic E-state index is 0.0258. The Kier molecular flexibility index (Phi) is 15.3. The van der Waals surface area contributed by atoms with Gasteiger partial charge in [0.1, 0.15) is 17.9 Å². The second-order valence-electron chi connectivity index (χ2n) is 15.6. The zero-order chi connectivity index (χ0) is 44.4. The van der Waals surface area contributed by atoms with Gasteiger partial charge in [-0.2, -0.15) is 0 Å². The molecular weight excluding hydrogens is 781 g/mol. The van der Waals surface area contributed by atoms with Crippen LogP contribution in [-0.4, -0.2) is 120 Å². The average molecular weight is 837 g/mol. The van der Waals surface area contributed by atoms with Gasteiger partial charge < -0.3 is 39.6 Å². The van der Waals surface area contributed by atoms with E-state index in [0.717, 1.165) is 40.8 Å². The number of rotatable bonds is 11. The van der Waals surface area contributed by atoms with Gasteiger partial charge in [-0.25, -0.2) is 19.4 Å². The Morgan fingerprint density at radius 2 is 1.39 bits per heavy atom. The van der Waals surface area contributed by atoms with Crippen molar-refractivity contribution in [3.05, 3.63) is 83.3 Å². The summed E-state index contributed by atoms with van der Waals surface area (Å²) in [5.74, 6) is 6.25. The molecule has 61 heavy (non-hydrogen) atoms. The number of benzene rings is 2. The number of hydrogen-bond donors (Lipinski definition) is 3. The van der Waals surface area contributed by atoms with Gasteiger partial charge >= 0.3 is 18.3 Å². The molecule has 16 nitrogen and oxygen atoms in total. The van der Waals surface area contributed by atoms with E-state index in [0.29, 0.717) is 23.8 Å². The molecule has 2 aromatic carbocycles. The van der Waals surface area contributed by atoms with Gasteiger partial charge in [0, 0.05) is 23.4 Å². The molecule has 2 aliphatic rings. The van der Waals surface area contributed by atoms with Gasteiger partial charge in [-0.15, -0.1) is 0 Å². The fourth-order valence-corrected chi connectivity index (χ4v) is 7.38. The Morgan fingerprint density at radius 1 is 0.836 bits per heavy atom. The van der Waals surface area contributed by atoms with Crippen LogP contribution in [0.1, 0.15) is 82.9 Å². The lowest BCUT2D eigenvalue weighted by atomic mass is 10.0. The van der Waals surface area contributed by atoms with Crippen molar-refractivity contribution in [1.29, 1.82) is 0 Å². The van der Waals surface area contributed by atoms with E-state index in [2.05, 4.69) is 32.4 Å². The molecular formula is C45H56N8O8. The molecule has 0 unspecified atom stereocenters. The van der Waals surface area contributed by atoms with Crippen LogP contribution in [-0.2, 0) is 23.8 Å². The van der Waals surface area contributed by atoms with Gasteiger partial charge in [-0.05, 0) is 73.9 Å². The van der Waals surface area contributed by atoms with Crippen molar-refractivity contribution in [1.82, 2.24) is 35.3 Å². The number of aromatic amines is 1. The predicted octanol–water partition coefficient (Wildman–Crippen LogP) is 5.96. The number of carbonyl (C=O) groups excluding carboxylic acids is 5. The van der Waals surface area contributed by atoms with Crippen LogP contribution < -0.4 is 10.6 Å². The van der Waals surface area contributed by atoms with Crippen molar-refractivity contribution >= 4 is 41.5 Å². The molecule has 3 heterocycles. The Hall–Kier alpha value is -6.63. The first-order valence-corrected chi connectivity index (χ1v) is 20.3. The third-order valence-electron chi connectivity index (χ3n) is 10.8. The highest BCUT2D eigenvalue weighted by Crippen LogP contribution is 2.33. The van der Waals surface area contributed by atoms with E-state index in [1.54, 1.807) is 11.1 Å². The lowest BCUT2D eigenvalue weighted by molar-refractivity contribution is -0.136. The molecule has 1 aromatic heterocycles. The number of alkyl carbamates (subject to hydrolysis) is 2. The standard InChI is InChI=1S/C45H56N8O8/c1-10-34(47-29(6)37-25-51(45(58)61-9)26-53(37)42(55)39(28(4)5)50-44(57)60-8)32-19-15-30(16-20-32)13-14-31-17-21-33(22-18-31)35-24-46-40(48-35)36-12-11-23-52(36)41(54)38(27(2)3)49-43(56)59-7/h10,15-22,24,27-28,36-39H,11-12,23,25-26H2,1-9H3,(H,46,48)(H,49,56)(H,50,57)/b34-10-,47-29?/t36-,37-,38-,39-/m0/s1. The van der Waals surface area contributed by atoms with E-state index in [1.165, 1.54) is 31.1 Å². The topological polar surface area (TPSA) is 188 Å². The second-order valence-corrected chi connectivity index (χ2v) is 15.6. The fourth-order valence-electron chi connectivity index (χ4n) is 7.38. The zero-order valence-electron chi connectivity index (χ0n) is 36.3. The van der Waals surface area contributed by atoms with Crippen LogP contribution in [0.4, 0.5) is 14.4 Å². The number of aromatic nitrogens is 2. The van der Waals surface area contributed by atoms with E-state index < -0.39 is 36.4 Å². The third-order valence-corrected chi connectivity index (χ3v) is 10.8. The molecule has 0 aliphatic carbocycles. The molecule has 324 valence electrons. The number of nitrogens with zero attached hydrogens (tertiary/aromatic N) is 5. The highest BCUT2D eigenvalue weighted by molar-refractivity contribution is 5.97. The van der Waals surface area contributed by atoms with E-state index in [9.17, 15) is 24.0 Å². The average Bonchev–Trinajstić information content (AvgIpc) is 4.06. The molecule has 2 aliphatic heterocycles. The molecule has 0 saturated carbocycles. The highest BCUT2D eigenvalue weighted by Gasteiger charge is 2.42. The van der Waals surface area contributed by atoms with Crippen molar-refractivity contribution < 1.29 is 38.2 Å². The molecule has 0 radical (unpaired) electrons. The summed E-state index contributed by atoms with van der Waals surface area (Å²) in [7, 11) is 3.80. The first-order chi connectivity index (χ1) is 29.2. The number of methoxy groups -OCH3 is 3. The normalized spacial score (nSPS) is 17.7. The number of nitrogens with one attached hydrogen (secondary N) is 3. The number of carbonyl (C=O) groups is 5. The Bertz CT molecular complexity index is 2180. The second kappa shape index (κ2) is 20.6. The summed E-state index contributed by atoms with van der Waals surface area (Å²) in [6.07, 6.45) is 3.30. The van der Waals surface area contributed by atoms with Crippen LogP contribution in [0.5, 0.6) is 0 Å². The fraction of sp³-hybridized carbons (Fsp3) is 0.444. The molecule has 3 aromatic rings. The maximum absolute atomic E-state index is 13.8. The van der Waals surface area contributed by atoms with Gasteiger partial charge in [-0.1, -0.05) is 69.9 Å². The molecule has 2 fully saturated rings. The van der Waals surface area contributed by atoms with Gasteiger partial charge in [0.25, 0.3) is 0 Å². The monoisotopic (exact) mass is 836 g/mol. The van der Waals surface area contributed by atoms with E-state index in [-0.39, 0.29) is 42.9 Å². The summed E-state index contributed by atoms with van der Waals surface area (Å²) >= 11 is 0. The quantitative estimate of drug-likeness (QED) is 0.119. The lowest BCUT2D eigenvalue weighted by Crippen LogP contribution is -2.54. The van der Waals surface area contributed by atoms with Crippen molar-refractivity contribution in [2.24, 2.45) is 16.8 Å². The maximum Gasteiger partial charge on any atom is 0.410 e. The van der Waals surface area contributed by atoms with Crippen molar-refractivity contribution in [2.75, 3.05) is 41.1 Å². The van der Waals surface area contributed by atoms with Crippen LogP contribution in [0, 0.1) is 23.7 Å². The minimum Gasteiger partial charge on any atom is -0.453 e. The number of imidazole rings is 1. The number of allylic oxidation sites excluding steroid dienone is 1. The zero-order valence-corrected chi connectivity index (χ0v) is 36.3. The van der Waals surface area contributed by atoms with Gasteiger partial charge in [0.15, 0.2) is 0 Å². The molecule has 16 heteroatoms. The number of likely N-dealkylation sites (tertiary alicyclic amines) is 1. The summed E-state index contributed by atoms with van der Waals surface area (Å²) in [6, 6.07) is 13.1. The Morgan fingerprint density at radius 3 is 1.92 bits per heavy atom. The summed E-state index contributed by atoms with van der Waals surface area (Å²) < 4.78 is 14.5. The van der Waals surface area contributed by atoms with Gasteiger partial charge in [0.05, 0.1) is 64.2 Å². The Balaban J connectivity index is 1.26. The van der Waals surface area contributed by atoms with Crippen LogP contribution >= 0.6 is 0 Å².